The molecule has 1 aliphatic carbocycles. The molecule has 2 fully saturated rings. The molecule has 8 nitrogen and oxygen atoms in total. The van der Waals surface area contributed by atoms with Gasteiger partial charge in [0.1, 0.15) is 11.3 Å². The summed E-state index contributed by atoms with van der Waals surface area (Å²) < 4.78 is 14.2. The van der Waals surface area contributed by atoms with Crippen LogP contribution in [0.4, 0.5) is 5.69 Å². The Balaban J connectivity index is 1.16. The topological polar surface area (TPSA) is 77.7 Å². The number of nitrogens with zero attached hydrogens (tertiary/aromatic N) is 6. The molecule has 1 saturated carbocycles. The van der Waals surface area contributed by atoms with Gasteiger partial charge in [0.05, 0.1) is 48.1 Å². The molecule has 4 aromatic rings. The van der Waals surface area contributed by atoms with Crippen LogP contribution in [0.25, 0.3) is 16.6 Å². The summed E-state index contributed by atoms with van der Waals surface area (Å²) in [5.41, 5.74) is 6.22. The summed E-state index contributed by atoms with van der Waals surface area (Å²) in [6, 6.07) is 4.25. The van der Waals surface area contributed by atoms with E-state index in [-0.39, 0.29) is 6.10 Å². The highest BCUT2D eigenvalue weighted by molar-refractivity contribution is 5.85. The lowest BCUT2D eigenvalue weighted by Gasteiger charge is -2.31. The molecule has 0 unspecified atom stereocenters. The molecular weight excluding hydrogens is 428 g/mol. The summed E-state index contributed by atoms with van der Waals surface area (Å²) >= 11 is 0. The van der Waals surface area contributed by atoms with Gasteiger partial charge in [-0.15, -0.1) is 0 Å². The van der Waals surface area contributed by atoms with E-state index >= 15 is 0 Å². The van der Waals surface area contributed by atoms with Gasteiger partial charge in [-0.3, -0.25) is 9.97 Å². The van der Waals surface area contributed by atoms with Crippen LogP contribution < -0.4 is 9.64 Å². The van der Waals surface area contributed by atoms with E-state index in [2.05, 4.69) is 48.3 Å². The molecule has 3 aromatic heterocycles. The SMILES string of the molecule is Cc1ncn2ccnc(CC3CCC(Oc4cc(N5CCOCC5)cc5nccnc45)CC3)c12. The highest BCUT2D eigenvalue weighted by Gasteiger charge is 2.25. The molecule has 6 rings (SSSR count). The Morgan fingerprint density at radius 3 is 2.65 bits per heavy atom. The lowest BCUT2D eigenvalue weighted by Crippen LogP contribution is -2.36. The number of benzene rings is 1. The number of imidazole rings is 1. The van der Waals surface area contributed by atoms with Crippen molar-refractivity contribution in [3.05, 3.63) is 54.6 Å². The van der Waals surface area contributed by atoms with Crippen molar-refractivity contribution in [1.82, 2.24) is 24.3 Å². The standard InChI is InChI=1S/C26H30N6O2/c1-18-26-23(28-8-9-32(26)17-30-18)14-19-2-4-21(5-3-19)34-24-16-20(31-10-12-33-13-11-31)15-22-25(24)29-7-6-27-22/h6-9,15-17,19,21H,2-5,10-14H2,1H3. The fourth-order valence-corrected chi connectivity index (χ4v) is 5.36. The number of hydrogen-bond donors (Lipinski definition) is 0. The first kappa shape index (κ1) is 21.3. The monoisotopic (exact) mass is 458 g/mol. The molecule has 1 saturated heterocycles. The molecule has 176 valence electrons. The van der Waals surface area contributed by atoms with Gasteiger partial charge < -0.3 is 18.8 Å². The average Bonchev–Trinajstić information content (AvgIpc) is 3.27. The first-order valence-corrected chi connectivity index (χ1v) is 12.3. The van der Waals surface area contributed by atoms with Crippen molar-refractivity contribution in [3.8, 4) is 5.75 Å². The number of ether oxygens (including phenoxy) is 2. The van der Waals surface area contributed by atoms with Crippen LogP contribution in [0, 0.1) is 12.8 Å². The number of aryl methyl sites for hydroxylation is 1. The van der Waals surface area contributed by atoms with E-state index in [1.807, 2.05) is 18.7 Å². The van der Waals surface area contributed by atoms with E-state index < -0.39 is 0 Å². The highest BCUT2D eigenvalue weighted by atomic mass is 16.5. The molecule has 0 radical (unpaired) electrons. The molecule has 0 atom stereocenters. The molecule has 0 bridgehead atoms. The Kier molecular flexibility index (Phi) is 5.74. The van der Waals surface area contributed by atoms with E-state index in [0.29, 0.717) is 5.92 Å². The van der Waals surface area contributed by atoms with Gasteiger partial charge in [0, 0.05) is 49.6 Å². The van der Waals surface area contributed by atoms with Crippen molar-refractivity contribution in [2.24, 2.45) is 5.92 Å². The predicted molar refractivity (Wildman–Crippen MR) is 130 cm³/mol. The Morgan fingerprint density at radius 1 is 0.971 bits per heavy atom. The number of anilines is 1. The number of fused-ring (bicyclic) bond motifs is 2. The van der Waals surface area contributed by atoms with E-state index in [1.54, 1.807) is 12.4 Å². The minimum atomic E-state index is 0.196. The van der Waals surface area contributed by atoms with Crippen LogP contribution in [0.1, 0.15) is 37.1 Å². The fourth-order valence-electron chi connectivity index (χ4n) is 5.36. The summed E-state index contributed by atoms with van der Waals surface area (Å²) in [4.78, 5) is 20.6. The van der Waals surface area contributed by atoms with Crippen LogP contribution in [0.2, 0.25) is 0 Å². The molecule has 1 aromatic carbocycles. The maximum atomic E-state index is 6.59. The molecule has 1 aliphatic heterocycles. The maximum Gasteiger partial charge on any atom is 0.149 e. The van der Waals surface area contributed by atoms with Gasteiger partial charge in [-0.25, -0.2) is 9.97 Å². The summed E-state index contributed by atoms with van der Waals surface area (Å²) in [6.07, 6.45) is 14.7. The van der Waals surface area contributed by atoms with Crippen LogP contribution in [0.15, 0.2) is 43.2 Å². The molecule has 2 aliphatic rings. The van der Waals surface area contributed by atoms with Gasteiger partial charge in [0.15, 0.2) is 0 Å². The van der Waals surface area contributed by atoms with E-state index in [4.69, 9.17) is 9.47 Å². The smallest absolute Gasteiger partial charge is 0.149 e. The van der Waals surface area contributed by atoms with Crippen LogP contribution >= 0.6 is 0 Å². The van der Waals surface area contributed by atoms with Crippen molar-refractivity contribution in [2.45, 2.75) is 45.1 Å². The molecular formula is C26H30N6O2. The van der Waals surface area contributed by atoms with Crippen molar-refractivity contribution < 1.29 is 9.47 Å². The first-order valence-electron chi connectivity index (χ1n) is 12.3. The van der Waals surface area contributed by atoms with Crippen LogP contribution in [0.5, 0.6) is 5.75 Å². The van der Waals surface area contributed by atoms with Gasteiger partial charge in [-0.05, 0) is 51.0 Å². The molecule has 4 heterocycles. The lowest BCUT2D eigenvalue weighted by molar-refractivity contribution is 0.122. The van der Waals surface area contributed by atoms with Crippen molar-refractivity contribution in [2.75, 3.05) is 31.2 Å². The second-order valence-corrected chi connectivity index (χ2v) is 9.39. The normalized spacial score (nSPS) is 21.3. The summed E-state index contributed by atoms with van der Waals surface area (Å²) in [6.45, 7) is 5.32. The largest absolute Gasteiger partial charge is 0.488 e. The molecule has 8 heteroatoms. The zero-order valence-electron chi connectivity index (χ0n) is 19.6. The molecule has 0 spiro atoms. The van der Waals surface area contributed by atoms with Gasteiger partial charge in [0.2, 0.25) is 0 Å². The maximum absolute atomic E-state index is 6.59. The van der Waals surface area contributed by atoms with E-state index in [9.17, 15) is 0 Å². The minimum Gasteiger partial charge on any atom is -0.488 e. The third-order valence-electron chi connectivity index (χ3n) is 7.18. The van der Waals surface area contributed by atoms with Crippen molar-refractivity contribution in [1.29, 1.82) is 0 Å². The minimum absolute atomic E-state index is 0.196. The second kappa shape index (κ2) is 9.18. The summed E-state index contributed by atoms with van der Waals surface area (Å²) in [5.74, 6) is 1.46. The summed E-state index contributed by atoms with van der Waals surface area (Å²) in [7, 11) is 0. The molecule has 0 N–H and O–H groups in total. The zero-order valence-corrected chi connectivity index (χ0v) is 19.6. The fraction of sp³-hybridized carbons (Fsp3) is 0.462. The van der Waals surface area contributed by atoms with Crippen molar-refractivity contribution in [3.63, 3.8) is 0 Å². The van der Waals surface area contributed by atoms with Crippen LogP contribution in [-0.4, -0.2) is 56.7 Å². The van der Waals surface area contributed by atoms with Crippen LogP contribution in [0.3, 0.4) is 0 Å². The van der Waals surface area contributed by atoms with Gasteiger partial charge >= 0.3 is 0 Å². The number of morpholine rings is 1. The van der Waals surface area contributed by atoms with E-state index in [1.165, 1.54) is 0 Å². The zero-order chi connectivity index (χ0) is 22.9. The predicted octanol–water partition coefficient (Wildman–Crippen LogP) is 4.00. The Labute approximate surface area is 199 Å². The van der Waals surface area contributed by atoms with Crippen LogP contribution in [-0.2, 0) is 11.2 Å². The quantitative estimate of drug-likeness (QED) is 0.447. The first-order chi connectivity index (χ1) is 16.7. The van der Waals surface area contributed by atoms with Gasteiger partial charge in [-0.1, -0.05) is 0 Å². The number of aromatic nitrogens is 5. The lowest BCUT2D eigenvalue weighted by atomic mass is 9.84. The third-order valence-corrected chi connectivity index (χ3v) is 7.18. The number of rotatable bonds is 5. The van der Waals surface area contributed by atoms with E-state index in [0.717, 1.165) is 97.8 Å². The summed E-state index contributed by atoms with van der Waals surface area (Å²) in [5, 5.41) is 0. The third kappa shape index (κ3) is 4.18. The second-order valence-electron chi connectivity index (χ2n) is 9.39. The Hall–Kier alpha value is -3.26. The molecule has 0 amide bonds. The Bertz CT molecular complexity index is 1290. The van der Waals surface area contributed by atoms with Gasteiger partial charge in [-0.2, -0.15) is 0 Å². The molecule has 34 heavy (non-hydrogen) atoms. The van der Waals surface area contributed by atoms with Gasteiger partial charge in [0.25, 0.3) is 0 Å². The average molecular weight is 459 g/mol. The van der Waals surface area contributed by atoms with Crippen molar-refractivity contribution >= 4 is 22.2 Å². The number of hydrogen-bond acceptors (Lipinski definition) is 7. The highest BCUT2D eigenvalue weighted by Crippen LogP contribution is 2.35. The Morgan fingerprint density at radius 2 is 1.79 bits per heavy atom.